The summed E-state index contributed by atoms with van der Waals surface area (Å²) in [5, 5.41) is 17.1. The number of nitrogens with one attached hydrogen (secondary N) is 1. The molecule has 0 spiro atoms. The number of hydrogen-bond acceptors (Lipinski definition) is 5. The number of amides is 1. The number of ether oxygens (including phenoxy) is 1. The van der Waals surface area contributed by atoms with Gasteiger partial charge in [-0.25, -0.2) is 9.07 Å². The summed E-state index contributed by atoms with van der Waals surface area (Å²) >= 11 is 0. The number of halogens is 1. The van der Waals surface area contributed by atoms with Crippen LogP contribution < -0.4 is 5.32 Å². The van der Waals surface area contributed by atoms with E-state index in [4.69, 9.17) is 4.74 Å². The van der Waals surface area contributed by atoms with Gasteiger partial charge in [-0.2, -0.15) is 0 Å². The van der Waals surface area contributed by atoms with Crippen molar-refractivity contribution in [2.75, 3.05) is 18.5 Å². The van der Waals surface area contributed by atoms with Crippen molar-refractivity contribution in [1.29, 1.82) is 0 Å². The Bertz CT molecular complexity index is 819. The molecule has 1 aliphatic heterocycles. The summed E-state index contributed by atoms with van der Waals surface area (Å²) in [7, 11) is 0. The van der Waals surface area contributed by atoms with Gasteiger partial charge in [-0.1, -0.05) is 12.1 Å². The lowest BCUT2D eigenvalue weighted by atomic mass is 9.84. The molecular formula is C20H25FN4O3. The maximum Gasteiger partial charge on any atom is 0.228 e. The first-order valence-corrected chi connectivity index (χ1v) is 9.78. The van der Waals surface area contributed by atoms with E-state index in [-0.39, 0.29) is 23.7 Å². The zero-order valence-electron chi connectivity index (χ0n) is 15.6. The standard InChI is InChI=1S/C20H25FN4O3/c21-16-4-1-2-5-17(16)25-12-10-18(23-25)22-19(26)14-6-8-15(9-7-14)24-11-3-13-28-20(24)27/h1-2,4-5,10,12,14-15,20,27H,3,6-9,11,13H2,(H,22,23,26). The molecule has 8 heteroatoms. The minimum atomic E-state index is -0.827. The Morgan fingerprint density at radius 3 is 2.75 bits per heavy atom. The zero-order valence-corrected chi connectivity index (χ0v) is 15.6. The van der Waals surface area contributed by atoms with E-state index in [1.807, 2.05) is 4.90 Å². The van der Waals surface area contributed by atoms with E-state index in [1.165, 1.54) is 10.7 Å². The molecule has 0 radical (unpaired) electrons. The van der Waals surface area contributed by atoms with Crippen LogP contribution in [0, 0.1) is 11.7 Å². The highest BCUT2D eigenvalue weighted by Gasteiger charge is 2.33. The van der Waals surface area contributed by atoms with Gasteiger partial charge in [-0.05, 0) is 44.2 Å². The van der Waals surface area contributed by atoms with E-state index in [2.05, 4.69) is 10.4 Å². The van der Waals surface area contributed by atoms with E-state index in [0.29, 0.717) is 18.1 Å². The molecule has 7 nitrogen and oxygen atoms in total. The Hall–Kier alpha value is -2.29. The van der Waals surface area contributed by atoms with Gasteiger partial charge in [0.05, 0.1) is 6.61 Å². The molecule has 2 aromatic rings. The van der Waals surface area contributed by atoms with Gasteiger partial charge in [0.15, 0.2) is 5.82 Å². The molecule has 1 aromatic carbocycles. The van der Waals surface area contributed by atoms with Crippen molar-refractivity contribution in [2.45, 2.75) is 44.6 Å². The monoisotopic (exact) mass is 388 g/mol. The quantitative estimate of drug-likeness (QED) is 0.841. The van der Waals surface area contributed by atoms with Gasteiger partial charge in [0.25, 0.3) is 0 Å². The van der Waals surface area contributed by atoms with E-state index >= 15 is 0 Å². The Morgan fingerprint density at radius 1 is 1.21 bits per heavy atom. The molecule has 4 rings (SSSR count). The van der Waals surface area contributed by atoms with Crippen LogP contribution in [0.5, 0.6) is 0 Å². The van der Waals surface area contributed by atoms with Gasteiger partial charge in [0.2, 0.25) is 12.3 Å². The van der Waals surface area contributed by atoms with Crippen LogP contribution in [0.4, 0.5) is 10.2 Å². The lowest BCUT2D eigenvalue weighted by Crippen LogP contribution is -2.50. The lowest BCUT2D eigenvalue weighted by Gasteiger charge is -2.40. The summed E-state index contributed by atoms with van der Waals surface area (Å²) < 4.78 is 20.6. The molecule has 0 bridgehead atoms. The average Bonchev–Trinajstić information content (AvgIpc) is 3.17. The molecule has 1 amide bonds. The van der Waals surface area contributed by atoms with Crippen molar-refractivity contribution in [2.24, 2.45) is 5.92 Å². The minimum Gasteiger partial charge on any atom is -0.356 e. The van der Waals surface area contributed by atoms with Gasteiger partial charge in [0, 0.05) is 30.8 Å². The fourth-order valence-corrected chi connectivity index (χ4v) is 4.07. The van der Waals surface area contributed by atoms with Crippen LogP contribution in [0.15, 0.2) is 36.5 Å². The summed E-state index contributed by atoms with van der Waals surface area (Å²) in [6.07, 6.45) is 4.93. The number of benzene rings is 1. The summed E-state index contributed by atoms with van der Waals surface area (Å²) in [6, 6.07) is 8.28. The summed E-state index contributed by atoms with van der Waals surface area (Å²) in [5.41, 5.74) is 0.339. The van der Waals surface area contributed by atoms with Crippen molar-refractivity contribution in [3.63, 3.8) is 0 Å². The van der Waals surface area contributed by atoms with Gasteiger partial charge in [-0.3, -0.25) is 9.69 Å². The van der Waals surface area contributed by atoms with E-state index < -0.39 is 6.41 Å². The zero-order chi connectivity index (χ0) is 19.5. The summed E-state index contributed by atoms with van der Waals surface area (Å²) in [6.45, 7) is 1.42. The first-order valence-electron chi connectivity index (χ1n) is 9.78. The van der Waals surface area contributed by atoms with Crippen LogP contribution in [-0.4, -0.2) is 51.3 Å². The molecule has 1 saturated heterocycles. The number of nitrogens with zero attached hydrogens (tertiary/aromatic N) is 3. The largest absolute Gasteiger partial charge is 0.356 e. The maximum absolute atomic E-state index is 13.9. The molecule has 2 fully saturated rings. The van der Waals surface area contributed by atoms with Crippen LogP contribution in [0.3, 0.4) is 0 Å². The molecule has 1 aliphatic carbocycles. The number of para-hydroxylation sites is 1. The van der Waals surface area contributed by atoms with E-state index in [1.54, 1.807) is 30.5 Å². The van der Waals surface area contributed by atoms with Gasteiger partial charge >= 0.3 is 0 Å². The van der Waals surface area contributed by atoms with Gasteiger partial charge in [-0.15, -0.1) is 5.10 Å². The predicted octanol–water partition coefficient (Wildman–Crippen LogP) is 2.51. The highest BCUT2D eigenvalue weighted by molar-refractivity contribution is 5.91. The minimum absolute atomic E-state index is 0.0623. The molecular weight excluding hydrogens is 363 g/mol. The second-order valence-electron chi connectivity index (χ2n) is 7.38. The Morgan fingerprint density at radius 2 is 2.00 bits per heavy atom. The van der Waals surface area contributed by atoms with Crippen LogP contribution in [0.2, 0.25) is 0 Å². The average molecular weight is 388 g/mol. The van der Waals surface area contributed by atoms with Crippen molar-refractivity contribution in [3.05, 3.63) is 42.3 Å². The molecule has 28 heavy (non-hydrogen) atoms. The first-order chi connectivity index (χ1) is 13.6. The Kier molecular flexibility index (Phi) is 5.70. The smallest absolute Gasteiger partial charge is 0.228 e. The van der Waals surface area contributed by atoms with Crippen molar-refractivity contribution < 1.29 is 19.0 Å². The van der Waals surface area contributed by atoms with Crippen molar-refractivity contribution >= 4 is 11.7 Å². The topological polar surface area (TPSA) is 79.6 Å². The molecule has 1 aromatic heterocycles. The number of carbonyl (C=O) groups is 1. The number of anilines is 1. The lowest BCUT2D eigenvalue weighted by molar-refractivity contribution is -0.231. The summed E-state index contributed by atoms with van der Waals surface area (Å²) in [5.74, 6) is -0.105. The third-order valence-electron chi connectivity index (χ3n) is 5.59. The normalized spacial score (nSPS) is 26.1. The van der Waals surface area contributed by atoms with Crippen LogP contribution >= 0.6 is 0 Å². The molecule has 150 valence electrons. The van der Waals surface area contributed by atoms with Crippen molar-refractivity contribution in [3.8, 4) is 5.69 Å². The highest BCUT2D eigenvalue weighted by Crippen LogP contribution is 2.30. The highest BCUT2D eigenvalue weighted by atomic mass is 19.1. The Balaban J connectivity index is 1.32. The van der Waals surface area contributed by atoms with Crippen LogP contribution in [0.25, 0.3) is 5.69 Å². The van der Waals surface area contributed by atoms with E-state index in [9.17, 15) is 14.3 Å². The molecule has 2 N–H and O–H groups in total. The maximum atomic E-state index is 13.9. The third kappa shape index (κ3) is 4.09. The number of aromatic nitrogens is 2. The second-order valence-corrected chi connectivity index (χ2v) is 7.38. The molecule has 1 unspecified atom stereocenters. The second kappa shape index (κ2) is 8.38. The number of rotatable bonds is 4. The van der Waals surface area contributed by atoms with Crippen LogP contribution in [-0.2, 0) is 9.53 Å². The van der Waals surface area contributed by atoms with E-state index in [0.717, 1.165) is 38.6 Å². The molecule has 1 atom stereocenters. The molecule has 1 saturated carbocycles. The van der Waals surface area contributed by atoms with Crippen molar-refractivity contribution in [1.82, 2.24) is 14.7 Å². The Labute approximate surface area is 163 Å². The van der Waals surface area contributed by atoms with Gasteiger partial charge < -0.3 is 15.2 Å². The fourth-order valence-electron chi connectivity index (χ4n) is 4.07. The van der Waals surface area contributed by atoms with Crippen LogP contribution in [0.1, 0.15) is 32.1 Å². The number of hydrogen-bond donors (Lipinski definition) is 2. The SMILES string of the molecule is O=C(Nc1ccn(-c2ccccc2F)n1)C1CCC(N2CCCOC2O)CC1. The summed E-state index contributed by atoms with van der Waals surface area (Å²) in [4.78, 5) is 14.6. The third-order valence-corrected chi connectivity index (χ3v) is 5.59. The molecule has 2 aliphatic rings. The predicted molar refractivity (Wildman–Crippen MR) is 101 cm³/mol. The number of aliphatic hydroxyl groups is 1. The van der Waals surface area contributed by atoms with Gasteiger partial charge in [0.1, 0.15) is 11.5 Å². The number of aliphatic hydroxyl groups excluding tert-OH is 1. The first kappa shape index (κ1) is 19.0. The molecule has 2 heterocycles. The number of carbonyl (C=O) groups excluding carboxylic acids is 1. The fraction of sp³-hybridized carbons (Fsp3) is 0.500.